The average molecular weight is 211 g/mol. The minimum atomic E-state index is -0.198. The Morgan fingerprint density at radius 1 is 1.40 bits per heavy atom. The van der Waals surface area contributed by atoms with Crippen LogP contribution in [-0.4, -0.2) is 19.8 Å². The molecule has 1 unspecified atom stereocenters. The number of hydrogen-bond acceptors (Lipinski definition) is 2. The maximum Gasteiger partial charge on any atom is 0.125 e. The predicted molar refractivity (Wildman–Crippen MR) is 60.7 cm³/mol. The Morgan fingerprint density at radius 3 is 2.73 bits per heavy atom. The molecule has 0 spiro atoms. The van der Waals surface area contributed by atoms with Gasteiger partial charge < -0.3 is 10.1 Å². The van der Waals surface area contributed by atoms with Crippen molar-refractivity contribution in [3.63, 3.8) is 0 Å². The molecule has 0 saturated carbocycles. The monoisotopic (exact) mass is 211 g/mol. The van der Waals surface area contributed by atoms with E-state index in [2.05, 4.69) is 12.2 Å². The number of methoxy groups -OCH3 is 1. The van der Waals surface area contributed by atoms with Gasteiger partial charge in [-0.1, -0.05) is 0 Å². The lowest BCUT2D eigenvalue weighted by molar-refractivity contribution is 0.191. The summed E-state index contributed by atoms with van der Waals surface area (Å²) in [5.41, 5.74) is 1.76. The second kappa shape index (κ2) is 5.71. The van der Waals surface area contributed by atoms with Crippen LogP contribution in [0.2, 0.25) is 0 Å². The van der Waals surface area contributed by atoms with Crippen LogP contribution in [-0.2, 0) is 4.74 Å². The topological polar surface area (TPSA) is 21.3 Å². The first-order valence-electron chi connectivity index (χ1n) is 5.14. The van der Waals surface area contributed by atoms with Crippen molar-refractivity contribution < 1.29 is 9.13 Å². The zero-order valence-electron chi connectivity index (χ0n) is 9.51. The zero-order chi connectivity index (χ0) is 11.3. The van der Waals surface area contributed by atoms with Crippen LogP contribution < -0.4 is 5.32 Å². The van der Waals surface area contributed by atoms with Crippen molar-refractivity contribution in [3.05, 3.63) is 29.6 Å². The van der Waals surface area contributed by atoms with Gasteiger partial charge in [-0.3, -0.25) is 0 Å². The van der Waals surface area contributed by atoms with Crippen molar-refractivity contribution in [2.75, 3.05) is 19.0 Å². The van der Waals surface area contributed by atoms with Crippen LogP contribution >= 0.6 is 0 Å². The highest BCUT2D eigenvalue weighted by Crippen LogP contribution is 2.14. The second-order valence-electron chi connectivity index (χ2n) is 3.84. The lowest BCUT2D eigenvalue weighted by Gasteiger charge is -2.15. The molecule has 1 aromatic rings. The van der Waals surface area contributed by atoms with E-state index in [0.29, 0.717) is 6.61 Å². The smallest absolute Gasteiger partial charge is 0.125 e. The highest BCUT2D eigenvalue weighted by Gasteiger charge is 2.03. The van der Waals surface area contributed by atoms with Crippen molar-refractivity contribution >= 4 is 5.69 Å². The molecular weight excluding hydrogens is 193 g/mol. The molecule has 0 aliphatic heterocycles. The third-order valence-electron chi connectivity index (χ3n) is 2.21. The Kier molecular flexibility index (Phi) is 4.56. The lowest BCUT2D eigenvalue weighted by atomic mass is 10.2. The lowest BCUT2D eigenvalue weighted by Crippen LogP contribution is -2.17. The van der Waals surface area contributed by atoms with E-state index in [9.17, 15) is 4.39 Å². The Bertz CT molecular complexity index is 294. The first kappa shape index (κ1) is 12.0. The number of hydrogen-bond donors (Lipinski definition) is 1. The van der Waals surface area contributed by atoms with Crippen molar-refractivity contribution in [3.8, 4) is 0 Å². The molecule has 1 aromatic carbocycles. The minimum absolute atomic E-state index is 0.198. The third-order valence-corrected chi connectivity index (χ3v) is 2.21. The van der Waals surface area contributed by atoms with Gasteiger partial charge in [0.1, 0.15) is 5.82 Å². The molecule has 0 heterocycles. The summed E-state index contributed by atoms with van der Waals surface area (Å²) in [4.78, 5) is 0. The van der Waals surface area contributed by atoms with Gasteiger partial charge in [0.25, 0.3) is 0 Å². The quantitative estimate of drug-likeness (QED) is 0.808. The number of anilines is 1. The Labute approximate surface area is 90.4 Å². The molecule has 0 saturated heterocycles. The number of halogens is 1. The largest absolute Gasteiger partial charge is 0.385 e. The summed E-state index contributed by atoms with van der Waals surface area (Å²) in [6, 6.07) is 5.25. The normalized spacial score (nSPS) is 12.5. The van der Waals surface area contributed by atoms with Crippen LogP contribution in [0, 0.1) is 12.7 Å². The molecule has 0 radical (unpaired) electrons. The highest BCUT2D eigenvalue weighted by molar-refractivity contribution is 5.46. The molecule has 15 heavy (non-hydrogen) atoms. The van der Waals surface area contributed by atoms with Crippen molar-refractivity contribution in [1.82, 2.24) is 0 Å². The summed E-state index contributed by atoms with van der Waals surface area (Å²) in [7, 11) is 1.68. The van der Waals surface area contributed by atoms with Gasteiger partial charge in [-0.15, -0.1) is 0 Å². The molecule has 0 fully saturated rings. The van der Waals surface area contributed by atoms with Gasteiger partial charge in [-0.05, 0) is 44.0 Å². The van der Waals surface area contributed by atoms with E-state index in [4.69, 9.17) is 4.74 Å². The van der Waals surface area contributed by atoms with E-state index < -0.39 is 0 Å². The molecular formula is C12H18FNO. The number of nitrogens with one attached hydrogen (secondary N) is 1. The van der Waals surface area contributed by atoms with Crippen molar-refractivity contribution in [2.45, 2.75) is 26.3 Å². The molecule has 1 atom stereocenters. The van der Waals surface area contributed by atoms with Crippen LogP contribution in [0.5, 0.6) is 0 Å². The van der Waals surface area contributed by atoms with Gasteiger partial charge in [-0.25, -0.2) is 4.39 Å². The first-order valence-corrected chi connectivity index (χ1v) is 5.14. The van der Waals surface area contributed by atoms with Crippen LogP contribution in [0.4, 0.5) is 10.1 Å². The molecule has 0 bridgehead atoms. The summed E-state index contributed by atoms with van der Waals surface area (Å²) >= 11 is 0. The van der Waals surface area contributed by atoms with Gasteiger partial charge in [0.05, 0.1) is 0 Å². The molecule has 1 rings (SSSR count). The van der Waals surface area contributed by atoms with E-state index >= 15 is 0 Å². The molecule has 0 aliphatic carbocycles. The van der Waals surface area contributed by atoms with Crippen molar-refractivity contribution in [1.29, 1.82) is 0 Å². The number of ether oxygens (including phenoxy) is 1. The van der Waals surface area contributed by atoms with Crippen molar-refractivity contribution in [2.24, 2.45) is 0 Å². The number of aryl methyl sites for hydroxylation is 1. The number of benzene rings is 1. The summed E-state index contributed by atoms with van der Waals surface area (Å²) in [5, 5.41) is 3.24. The van der Waals surface area contributed by atoms with Gasteiger partial charge in [0.15, 0.2) is 0 Å². The summed E-state index contributed by atoms with van der Waals surface area (Å²) in [6.45, 7) is 4.65. The Balaban J connectivity index is 2.56. The average Bonchev–Trinajstić information content (AvgIpc) is 2.13. The molecule has 0 aromatic heterocycles. The molecule has 0 amide bonds. The van der Waals surface area contributed by atoms with Crippen LogP contribution in [0.15, 0.2) is 18.2 Å². The fourth-order valence-electron chi connectivity index (χ4n) is 1.47. The Hall–Kier alpha value is -1.09. The van der Waals surface area contributed by atoms with Crippen LogP contribution in [0.25, 0.3) is 0 Å². The van der Waals surface area contributed by atoms with E-state index in [1.807, 2.05) is 13.0 Å². The molecule has 0 aliphatic rings. The van der Waals surface area contributed by atoms with Crippen LogP contribution in [0.1, 0.15) is 18.9 Å². The molecule has 84 valence electrons. The SMILES string of the molecule is COCCC(C)Nc1cc(C)cc(F)c1. The summed E-state index contributed by atoms with van der Waals surface area (Å²) in [5.74, 6) is -0.198. The summed E-state index contributed by atoms with van der Waals surface area (Å²) in [6.07, 6.45) is 0.909. The summed E-state index contributed by atoms with van der Waals surface area (Å²) < 4.78 is 18.0. The van der Waals surface area contributed by atoms with E-state index in [-0.39, 0.29) is 11.9 Å². The third kappa shape index (κ3) is 4.30. The molecule has 3 heteroatoms. The van der Waals surface area contributed by atoms with Crippen LogP contribution in [0.3, 0.4) is 0 Å². The second-order valence-corrected chi connectivity index (χ2v) is 3.84. The van der Waals surface area contributed by atoms with E-state index in [1.165, 1.54) is 12.1 Å². The van der Waals surface area contributed by atoms with Gasteiger partial charge >= 0.3 is 0 Å². The molecule has 2 nitrogen and oxygen atoms in total. The minimum Gasteiger partial charge on any atom is -0.385 e. The van der Waals surface area contributed by atoms with E-state index in [1.54, 1.807) is 7.11 Å². The van der Waals surface area contributed by atoms with Gasteiger partial charge in [0.2, 0.25) is 0 Å². The van der Waals surface area contributed by atoms with E-state index in [0.717, 1.165) is 17.7 Å². The standard InChI is InChI=1S/C12H18FNO/c1-9-6-11(13)8-12(7-9)14-10(2)4-5-15-3/h6-8,10,14H,4-5H2,1-3H3. The zero-order valence-corrected chi connectivity index (χ0v) is 9.51. The maximum absolute atomic E-state index is 13.1. The van der Waals surface area contributed by atoms with Gasteiger partial charge in [0, 0.05) is 25.4 Å². The maximum atomic E-state index is 13.1. The first-order chi connectivity index (χ1) is 7.11. The fourth-order valence-corrected chi connectivity index (χ4v) is 1.47. The Morgan fingerprint density at radius 2 is 2.13 bits per heavy atom. The fraction of sp³-hybridized carbons (Fsp3) is 0.500. The molecule has 1 N–H and O–H groups in total. The number of rotatable bonds is 5. The highest BCUT2D eigenvalue weighted by atomic mass is 19.1. The predicted octanol–water partition coefficient (Wildman–Crippen LogP) is 2.97. The van der Waals surface area contributed by atoms with Gasteiger partial charge in [-0.2, -0.15) is 0 Å².